The van der Waals surface area contributed by atoms with E-state index in [0.717, 1.165) is 0 Å². The number of aromatic nitrogens is 2. The van der Waals surface area contributed by atoms with Crippen molar-refractivity contribution in [3.8, 4) is 12.3 Å². The number of pyridine rings is 2. The highest BCUT2D eigenvalue weighted by Gasteiger charge is 2.23. The number of anilines is 4. The van der Waals surface area contributed by atoms with Crippen LogP contribution in [0, 0.1) is 24.0 Å². The minimum atomic E-state index is -1.07. The highest BCUT2D eigenvalue weighted by atomic mass is 19.1. The van der Waals surface area contributed by atoms with Crippen molar-refractivity contribution in [2.75, 3.05) is 10.6 Å². The zero-order valence-electron chi connectivity index (χ0n) is 21.8. The summed E-state index contributed by atoms with van der Waals surface area (Å²) in [5, 5.41) is 17.6. The van der Waals surface area contributed by atoms with E-state index in [1.807, 2.05) is 6.92 Å². The molecule has 0 radical (unpaired) electrons. The molecule has 40 heavy (non-hydrogen) atoms. The molecule has 204 valence electrons. The number of carboxylic acids is 1. The Bertz CT molecular complexity index is 1510. The van der Waals surface area contributed by atoms with E-state index in [-0.39, 0.29) is 28.9 Å². The van der Waals surface area contributed by atoms with Crippen molar-refractivity contribution in [3.05, 3.63) is 108 Å². The van der Waals surface area contributed by atoms with Gasteiger partial charge in [-0.3, -0.25) is 4.79 Å². The molecule has 4 rings (SSSR count). The first-order valence-electron chi connectivity index (χ1n) is 12.1. The summed E-state index contributed by atoms with van der Waals surface area (Å²) in [5.41, 5.74) is 0.922. The molecule has 0 aliphatic carbocycles. The summed E-state index contributed by atoms with van der Waals surface area (Å²) in [6.45, 7) is 3.69. The molecule has 2 heterocycles. The number of rotatable bonds is 8. The number of hydrogen-bond acceptors (Lipinski definition) is 6. The second-order valence-electron chi connectivity index (χ2n) is 8.65. The van der Waals surface area contributed by atoms with Gasteiger partial charge in [0.25, 0.3) is 5.91 Å². The molecular weight excluding hydrogens is 516 g/mol. The van der Waals surface area contributed by atoms with Crippen LogP contribution in [0.2, 0.25) is 0 Å². The maximum Gasteiger partial charge on any atom is 0.339 e. The topological polar surface area (TPSA) is 116 Å². The van der Waals surface area contributed by atoms with Gasteiger partial charge in [-0.25, -0.2) is 23.5 Å². The van der Waals surface area contributed by atoms with Gasteiger partial charge in [-0.05, 0) is 86.1 Å². The molecular formula is C30H27F2N5O3. The molecule has 4 aromatic rings. The van der Waals surface area contributed by atoms with Crippen LogP contribution in [0.15, 0.2) is 85.2 Å². The van der Waals surface area contributed by atoms with Crippen molar-refractivity contribution in [2.24, 2.45) is 0 Å². The standard InChI is InChI=1S/C18H18FN3O.C12H9FN2O2/c1-4-18(3,5-2)22-17(23)15-7-6-12-20-16(15)21-14-10-8-13(19)9-11-14;13-8-3-5-9(6-4-8)15-11-10(12(16)17)2-1-7-14-11/h1,6-12H,5H2,2-3H3,(H,20,21)(H,22,23);1-7H,(H,14,15)(H,16,17). The van der Waals surface area contributed by atoms with Gasteiger partial charge < -0.3 is 21.1 Å². The van der Waals surface area contributed by atoms with Crippen LogP contribution in [0.3, 0.4) is 0 Å². The maximum absolute atomic E-state index is 13.0. The normalized spacial score (nSPS) is 11.6. The fourth-order valence-corrected chi connectivity index (χ4v) is 3.25. The Morgan fingerprint density at radius 2 is 1.30 bits per heavy atom. The van der Waals surface area contributed by atoms with Crippen LogP contribution in [0.1, 0.15) is 41.0 Å². The molecule has 0 saturated heterocycles. The average Bonchev–Trinajstić information content (AvgIpc) is 2.96. The van der Waals surface area contributed by atoms with E-state index in [4.69, 9.17) is 11.5 Å². The molecule has 0 fully saturated rings. The Balaban J connectivity index is 0.000000230. The Morgan fingerprint density at radius 3 is 1.73 bits per heavy atom. The summed E-state index contributed by atoms with van der Waals surface area (Å²) in [7, 11) is 0. The number of carbonyl (C=O) groups is 2. The molecule has 4 N–H and O–H groups in total. The molecule has 1 amide bonds. The largest absolute Gasteiger partial charge is 0.478 e. The van der Waals surface area contributed by atoms with E-state index in [2.05, 4.69) is 31.8 Å². The van der Waals surface area contributed by atoms with E-state index < -0.39 is 11.5 Å². The minimum absolute atomic E-state index is 0.0665. The monoisotopic (exact) mass is 543 g/mol. The van der Waals surface area contributed by atoms with Crippen molar-refractivity contribution in [3.63, 3.8) is 0 Å². The lowest BCUT2D eigenvalue weighted by atomic mass is 9.99. The number of nitrogens with one attached hydrogen (secondary N) is 3. The summed E-state index contributed by atoms with van der Waals surface area (Å²) < 4.78 is 25.7. The lowest BCUT2D eigenvalue weighted by Crippen LogP contribution is -2.44. The number of aromatic carboxylic acids is 1. The molecule has 0 saturated carbocycles. The molecule has 2 aromatic heterocycles. The number of amides is 1. The molecule has 1 unspecified atom stereocenters. The lowest BCUT2D eigenvalue weighted by Gasteiger charge is -2.24. The summed E-state index contributed by atoms with van der Waals surface area (Å²) in [6.07, 6.45) is 9.15. The van der Waals surface area contributed by atoms with E-state index in [1.165, 1.54) is 48.7 Å². The van der Waals surface area contributed by atoms with Gasteiger partial charge in [-0.15, -0.1) is 6.42 Å². The van der Waals surface area contributed by atoms with E-state index in [9.17, 15) is 18.4 Å². The number of halogens is 2. The highest BCUT2D eigenvalue weighted by Crippen LogP contribution is 2.20. The van der Waals surface area contributed by atoms with Crippen molar-refractivity contribution < 1.29 is 23.5 Å². The minimum Gasteiger partial charge on any atom is -0.478 e. The number of terminal acetylenes is 1. The molecule has 0 aliphatic heterocycles. The third-order valence-electron chi connectivity index (χ3n) is 5.72. The van der Waals surface area contributed by atoms with Gasteiger partial charge >= 0.3 is 5.97 Å². The molecule has 10 heteroatoms. The van der Waals surface area contributed by atoms with Gasteiger partial charge in [-0.1, -0.05) is 12.8 Å². The van der Waals surface area contributed by atoms with Crippen LogP contribution in [-0.2, 0) is 0 Å². The summed E-state index contributed by atoms with van der Waals surface area (Å²) in [4.78, 5) is 31.5. The molecule has 0 bridgehead atoms. The van der Waals surface area contributed by atoms with Crippen molar-refractivity contribution in [1.29, 1.82) is 0 Å². The summed E-state index contributed by atoms with van der Waals surface area (Å²) in [6, 6.07) is 17.7. The number of hydrogen-bond donors (Lipinski definition) is 4. The smallest absolute Gasteiger partial charge is 0.339 e. The van der Waals surface area contributed by atoms with Crippen LogP contribution in [0.25, 0.3) is 0 Å². The quantitative estimate of drug-likeness (QED) is 0.197. The Kier molecular flexibility index (Phi) is 9.86. The number of carbonyl (C=O) groups excluding carboxylic acids is 1. The zero-order valence-corrected chi connectivity index (χ0v) is 21.8. The fraction of sp³-hybridized carbons (Fsp3) is 0.133. The Hall–Kier alpha value is -5.30. The second kappa shape index (κ2) is 13.5. The molecule has 0 spiro atoms. The zero-order chi connectivity index (χ0) is 29.1. The third-order valence-corrected chi connectivity index (χ3v) is 5.72. The first kappa shape index (κ1) is 29.3. The van der Waals surface area contributed by atoms with Crippen LogP contribution < -0.4 is 16.0 Å². The van der Waals surface area contributed by atoms with Gasteiger partial charge in [-0.2, -0.15) is 0 Å². The van der Waals surface area contributed by atoms with Crippen molar-refractivity contribution >= 4 is 34.9 Å². The molecule has 0 aliphatic rings. The number of nitrogens with zero attached hydrogens (tertiary/aromatic N) is 2. The first-order valence-corrected chi connectivity index (χ1v) is 12.1. The lowest BCUT2D eigenvalue weighted by molar-refractivity contribution is 0.0697. The van der Waals surface area contributed by atoms with Crippen LogP contribution in [0.4, 0.5) is 31.8 Å². The first-order chi connectivity index (χ1) is 19.1. The van der Waals surface area contributed by atoms with Crippen molar-refractivity contribution in [2.45, 2.75) is 25.8 Å². The van der Waals surface area contributed by atoms with Crippen LogP contribution in [-0.4, -0.2) is 32.5 Å². The van der Waals surface area contributed by atoms with Crippen LogP contribution in [0.5, 0.6) is 0 Å². The van der Waals surface area contributed by atoms with Gasteiger partial charge in [0, 0.05) is 23.8 Å². The second-order valence-corrected chi connectivity index (χ2v) is 8.65. The Labute approximate surface area is 230 Å². The molecule has 8 nitrogen and oxygen atoms in total. The van der Waals surface area contributed by atoms with Gasteiger partial charge in [0.1, 0.15) is 28.8 Å². The van der Waals surface area contributed by atoms with E-state index >= 15 is 0 Å². The van der Waals surface area contributed by atoms with E-state index in [1.54, 1.807) is 43.5 Å². The fourth-order valence-electron chi connectivity index (χ4n) is 3.25. The van der Waals surface area contributed by atoms with Crippen molar-refractivity contribution in [1.82, 2.24) is 15.3 Å². The predicted molar refractivity (Wildman–Crippen MR) is 150 cm³/mol. The molecule has 2 aromatic carbocycles. The number of carboxylic acid groups (broad SMARTS) is 1. The third kappa shape index (κ3) is 8.10. The van der Waals surface area contributed by atoms with Crippen LogP contribution >= 0.6 is 0 Å². The molecule has 1 atom stereocenters. The average molecular weight is 544 g/mol. The maximum atomic E-state index is 13.0. The summed E-state index contributed by atoms with van der Waals surface area (Å²) in [5.74, 6) is 1.13. The number of benzene rings is 2. The van der Waals surface area contributed by atoms with Gasteiger partial charge in [0.05, 0.1) is 11.1 Å². The van der Waals surface area contributed by atoms with Gasteiger partial charge in [0.2, 0.25) is 0 Å². The summed E-state index contributed by atoms with van der Waals surface area (Å²) >= 11 is 0. The van der Waals surface area contributed by atoms with E-state index in [0.29, 0.717) is 29.2 Å². The highest BCUT2D eigenvalue weighted by molar-refractivity contribution is 6.00. The SMILES string of the molecule is C#CC(C)(CC)NC(=O)c1cccnc1Nc1ccc(F)cc1.O=C(O)c1cccnc1Nc1ccc(F)cc1. The predicted octanol–water partition coefficient (Wildman–Crippen LogP) is 6.16. The Morgan fingerprint density at radius 1 is 0.850 bits per heavy atom. The van der Waals surface area contributed by atoms with Gasteiger partial charge in [0.15, 0.2) is 0 Å².